The maximum Gasteiger partial charge on any atom is 0.337 e. The van der Waals surface area contributed by atoms with Crippen LogP contribution in [0.2, 0.25) is 0 Å². The Balaban J connectivity index is 2.05. The highest BCUT2D eigenvalue weighted by atomic mass is 16.4. The fraction of sp³-hybridized carbons (Fsp3) is 0.286. The van der Waals surface area contributed by atoms with Gasteiger partial charge in [0.25, 0.3) is 5.56 Å². The summed E-state index contributed by atoms with van der Waals surface area (Å²) in [5.74, 6) is -1.06. The van der Waals surface area contributed by atoms with E-state index in [1.54, 1.807) is 6.07 Å². The Hall–Kier alpha value is -2.95. The van der Waals surface area contributed by atoms with E-state index in [-0.39, 0.29) is 11.1 Å². The van der Waals surface area contributed by atoms with Crippen molar-refractivity contribution in [2.24, 2.45) is 0 Å². The van der Waals surface area contributed by atoms with E-state index in [2.05, 4.69) is 24.0 Å². The Labute approximate surface area is 152 Å². The number of aryl methyl sites for hydroxylation is 3. The molecular weight excluding hydrogens is 328 g/mol. The first-order chi connectivity index (χ1) is 12.5. The molecule has 0 unspecified atom stereocenters. The number of fused-ring (bicyclic) bond motifs is 1. The topological polar surface area (TPSA) is 71.7 Å². The van der Waals surface area contributed by atoms with Gasteiger partial charge in [-0.05, 0) is 49.4 Å². The van der Waals surface area contributed by atoms with Crippen LogP contribution in [-0.4, -0.2) is 20.5 Å². The first-order valence-corrected chi connectivity index (χ1v) is 8.83. The summed E-state index contributed by atoms with van der Waals surface area (Å²) in [5.41, 5.74) is 4.37. The molecule has 5 heteroatoms. The predicted octanol–water partition coefficient (Wildman–Crippen LogP) is 3.44. The lowest BCUT2D eigenvalue weighted by molar-refractivity contribution is 0.0696. The van der Waals surface area contributed by atoms with Crippen LogP contribution in [0.4, 0.5) is 0 Å². The summed E-state index contributed by atoms with van der Waals surface area (Å²) in [4.78, 5) is 28.8. The summed E-state index contributed by atoms with van der Waals surface area (Å²) in [5, 5.41) is 9.16. The Morgan fingerprint density at radius 1 is 1.12 bits per heavy atom. The number of rotatable bonds is 6. The second-order valence-electron chi connectivity index (χ2n) is 6.47. The first kappa shape index (κ1) is 17.9. The van der Waals surface area contributed by atoms with Gasteiger partial charge >= 0.3 is 5.97 Å². The largest absolute Gasteiger partial charge is 0.478 e. The van der Waals surface area contributed by atoms with Gasteiger partial charge in [-0.25, -0.2) is 9.78 Å². The molecule has 0 saturated heterocycles. The highest BCUT2D eigenvalue weighted by Crippen LogP contribution is 2.14. The summed E-state index contributed by atoms with van der Waals surface area (Å²) in [7, 11) is 0. The van der Waals surface area contributed by atoms with Crippen LogP contribution in [0.15, 0.2) is 47.4 Å². The molecule has 2 heterocycles. The van der Waals surface area contributed by atoms with E-state index in [9.17, 15) is 9.59 Å². The van der Waals surface area contributed by atoms with Gasteiger partial charge in [-0.3, -0.25) is 9.20 Å². The molecule has 1 aromatic carbocycles. The number of aromatic nitrogens is 2. The molecule has 134 valence electrons. The summed E-state index contributed by atoms with van der Waals surface area (Å²) < 4.78 is 1.35. The minimum atomic E-state index is -1.06. The van der Waals surface area contributed by atoms with Gasteiger partial charge < -0.3 is 5.11 Å². The van der Waals surface area contributed by atoms with Gasteiger partial charge in [0.05, 0.1) is 11.3 Å². The molecule has 26 heavy (non-hydrogen) atoms. The molecule has 0 fully saturated rings. The van der Waals surface area contributed by atoms with E-state index in [4.69, 9.17) is 5.11 Å². The van der Waals surface area contributed by atoms with E-state index in [0.717, 1.165) is 18.5 Å². The summed E-state index contributed by atoms with van der Waals surface area (Å²) >= 11 is 0. The second-order valence-corrected chi connectivity index (χ2v) is 6.47. The van der Waals surface area contributed by atoms with Crippen molar-refractivity contribution in [1.82, 2.24) is 9.38 Å². The first-order valence-electron chi connectivity index (χ1n) is 8.83. The van der Waals surface area contributed by atoms with Crippen LogP contribution in [0.25, 0.3) is 5.65 Å². The van der Waals surface area contributed by atoms with Crippen LogP contribution in [0.3, 0.4) is 0 Å². The van der Waals surface area contributed by atoms with E-state index in [1.807, 2.05) is 19.1 Å². The number of carbonyl (C=O) groups is 1. The lowest BCUT2D eigenvalue weighted by Crippen LogP contribution is -2.23. The van der Waals surface area contributed by atoms with Gasteiger partial charge in [-0.2, -0.15) is 0 Å². The standard InChI is InChI=1S/C21H22N2O3/c1-3-6-17-18(11-9-15-8-5-4-7-14(15)2)22-19-12-10-16(21(25)26)13-23(19)20(17)24/h4-5,7-8,10,12-13H,3,6,9,11H2,1-2H3,(H,25,26). The third kappa shape index (κ3) is 3.52. The highest BCUT2D eigenvalue weighted by molar-refractivity contribution is 5.87. The van der Waals surface area contributed by atoms with Crippen LogP contribution < -0.4 is 5.56 Å². The average Bonchev–Trinajstić information content (AvgIpc) is 2.63. The molecule has 0 aliphatic rings. The number of hydrogen-bond donors (Lipinski definition) is 1. The van der Waals surface area contributed by atoms with Crippen LogP contribution in [0, 0.1) is 6.92 Å². The van der Waals surface area contributed by atoms with Gasteiger partial charge in [-0.15, -0.1) is 0 Å². The lowest BCUT2D eigenvalue weighted by atomic mass is 10.00. The Bertz CT molecular complexity index is 1020. The third-order valence-electron chi connectivity index (χ3n) is 4.64. The van der Waals surface area contributed by atoms with Gasteiger partial charge in [0.2, 0.25) is 0 Å². The van der Waals surface area contributed by atoms with Crippen LogP contribution in [0.1, 0.15) is 46.1 Å². The van der Waals surface area contributed by atoms with Crippen molar-refractivity contribution >= 4 is 11.6 Å². The minimum absolute atomic E-state index is 0.0801. The normalized spacial score (nSPS) is 11.0. The summed E-state index contributed by atoms with van der Waals surface area (Å²) in [6, 6.07) is 11.3. The molecule has 0 spiro atoms. The number of hydrogen-bond acceptors (Lipinski definition) is 3. The number of benzene rings is 1. The van der Waals surface area contributed by atoms with Gasteiger partial charge in [0.1, 0.15) is 5.65 Å². The Morgan fingerprint density at radius 3 is 2.58 bits per heavy atom. The fourth-order valence-electron chi connectivity index (χ4n) is 3.20. The third-order valence-corrected chi connectivity index (χ3v) is 4.64. The Kier molecular flexibility index (Phi) is 5.16. The van der Waals surface area contributed by atoms with E-state index in [1.165, 1.54) is 27.8 Å². The van der Waals surface area contributed by atoms with Gasteiger partial charge in [0, 0.05) is 11.8 Å². The van der Waals surface area contributed by atoms with Crippen molar-refractivity contribution < 1.29 is 9.90 Å². The van der Waals surface area contributed by atoms with Gasteiger partial charge in [-0.1, -0.05) is 37.6 Å². The highest BCUT2D eigenvalue weighted by Gasteiger charge is 2.14. The van der Waals surface area contributed by atoms with Crippen LogP contribution >= 0.6 is 0 Å². The molecule has 2 aromatic heterocycles. The summed E-state index contributed by atoms with van der Waals surface area (Å²) in [6.45, 7) is 4.10. The molecule has 0 aliphatic carbocycles. The van der Waals surface area contributed by atoms with Crippen LogP contribution in [0.5, 0.6) is 0 Å². The molecule has 0 bridgehead atoms. The minimum Gasteiger partial charge on any atom is -0.478 e. The second kappa shape index (κ2) is 7.52. The quantitative estimate of drug-likeness (QED) is 0.739. The van der Waals surface area contributed by atoms with Gasteiger partial charge in [0.15, 0.2) is 0 Å². The SMILES string of the molecule is CCCc1c(CCc2ccccc2C)nc2ccc(C(=O)O)cn2c1=O. The number of carboxylic acids is 1. The molecule has 3 rings (SSSR count). The lowest BCUT2D eigenvalue weighted by Gasteiger charge is -2.12. The maximum atomic E-state index is 12.9. The molecule has 0 aliphatic heterocycles. The Morgan fingerprint density at radius 2 is 1.88 bits per heavy atom. The number of aromatic carboxylic acids is 1. The van der Waals surface area contributed by atoms with Crippen molar-refractivity contribution in [3.63, 3.8) is 0 Å². The number of carboxylic acid groups (broad SMARTS) is 1. The molecule has 0 atom stereocenters. The molecule has 3 aromatic rings. The zero-order chi connectivity index (χ0) is 18.7. The summed E-state index contributed by atoms with van der Waals surface area (Å²) in [6.07, 6.45) is 4.33. The fourth-order valence-corrected chi connectivity index (χ4v) is 3.20. The number of pyridine rings is 1. The van der Waals surface area contributed by atoms with E-state index in [0.29, 0.717) is 24.1 Å². The molecule has 1 N–H and O–H groups in total. The molecule has 0 radical (unpaired) electrons. The average molecular weight is 350 g/mol. The zero-order valence-corrected chi connectivity index (χ0v) is 15.0. The van der Waals surface area contributed by atoms with Crippen molar-refractivity contribution in [3.8, 4) is 0 Å². The molecule has 0 saturated carbocycles. The molecular formula is C21H22N2O3. The van der Waals surface area contributed by atoms with Crippen molar-refractivity contribution in [1.29, 1.82) is 0 Å². The van der Waals surface area contributed by atoms with E-state index >= 15 is 0 Å². The van der Waals surface area contributed by atoms with Crippen molar-refractivity contribution in [3.05, 3.63) is 80.9 Å². The molecule has 5 nitrogen and oxygen atoms in total. The number of nitrogens with zero attached hydrogens (tertiary/aromatic N) is 2. The van der Waals surface area contributed by atoms with Crippen molar-refractivity contribution in [2.45, 2.75) is 39.5 Å². The monoisotopic (exact) mass is 350 g/mol. The smallest absolute Gasteiger partial charge is 0.337 e. The van der Waals surface area contributed by atoms with Crippen LogP contribution in [-0.2, 0) is 19.3 Å². The predicted molar refractivity (Wildman–Crippen MR) is 101 cm³/mol. The maximum absolute atomic E-state index is 12.9. The molecule has 0 amide bonds. The van der Waals surface area contributed by atoms with E-state index < -0.39 is 5.97 Å². The zero-order valence-electron chi connectivity index (χ0n) is 15.0. The van der Waals surface area contributed by atoms with Crippen molar-refractivity contribution in [2.75, 3.05) is 0 Å².